The first-order valence-corrected chi connectivity index (χ1v) is 10.4. The molecule has 4 rings (SSSR count). The Kier molecular flexibility index (Phi) is 6.24. The van der Waals surface area contributed by atoms with E-state index in [-0.39, 0.29) is 17.7 Å². The summed E-state index contributed by atoms with van der Waals surface area (Å²) in [6, 6.07) is 8.38. The molecule has 0 spiro atoms. The number of hydrogen-bond acceptors (Lipinski definition) is 7. The highest BCUT2D eigenvalue weighted by Gasteiger charge is 2.61. The average molecular weight is 492 g/mol. The molecule has 0 saturated carbocycles. The van der Waals surface area contributed by atoms with E-state index in [9.17, 15) is 37.5 Å². The van der Waals surface area contributed by atoms with Crippen molar-refractivity contribution in [2.75, 3.05) is 7.11 Å². The number of likely N-dealkylation sites (tertiary alicyclic amines) is 1. The number of carbonyl (C=O) groups excluding carboxylic acids is 3. The Morgan fingerprint density at radius 3 is 2.31 bits per heavy atom. The Morgan fingerprint density at radius 1 is 1.06 bits per heavy atom. The van der Waals surface area contributed by atoms with Crippen LogP contribution < -0.4 is 10.1 Å². The van der Waals surface area contributed by atoms with Gasteiger partial charge in [-0.15, -0.1) is 13.2 Å². The molecule has 4 unspecified atom stereocenters. The molecule has 2 aromatic carbocycles. The van der Waals surface area contributed by atoms with Crippen molar-refractivity contribution in [1.29, 1.82) is 0 Å². The van der Waals surface area contributed by atoms with Crippen LogP contribution in [0.3, 0.4) is 0 Å². The molecule has 2 amide bonds. The molecule has 2 aliphatic rings. The van der Waals surface area contributed by atoms with Crippen molar-refractivity contribution in [2.24, 2.45) is 11.8 Å². The van der Waals surface area contributed by atoms with Crippen molar-refractivity contribution in [1.82, 2.24) is 10.2 Å². The van der Waals surface area contributed by atoms with Crippen molar-refractivity contribution < 1.29 is 46.9 Å². The number of carboxylic acid groups (broad SMARTS) is 1. The van der Waals surface area contributed by atoms with E-state index in [2.05, 4.69) is 14.8 Å². The summed E-state index contributed by atoms with van der Waals surface area (Å²) in [5.74, 6) is -6.20. The summed E-state index contributed by atoms with van der Waals surface area (Å²) in [6.45, 7) is -0.164. The number of aliphatic carboxylic acids is 1. The Hall–Kier alpha value is -3.93. The van der Waals surface area contributed by atoms with Crippen LogP contribution in [0.2, 0.25) is 0 Å². The number of carbonyl (C=O) groups is 4. The highest BCUT2D eigenvalue weighted by Crippen LogP contribution is 2.45. The summed E-state index contributed by atoms with van der Waals surface area (Å²) < 4.78 is 46.5. The van der Waals surface area contributed by atoms with Crippen LogP contribution in [0.4, 0.5) is 13.2 Å². The minimum absolute atomic E-state index is 0.164. The number of methoxy groups -OCH3 is 1. The van der Waals surface area contributed by atoms with E-state index in [1.54, 1.807) is 0 Å². The fourth-order valence-corrected chi connectivity index (χ4v) is 4.51. The number of alkyl halides is 3. The lowest BCUT2D eigenvalue weighted by atomic mass is 9.86. The van der Waals surface area contributed by atoms with Gasteiger partial charge in [0.05, 0.1) is 31.1 Å². The normalized spacial score (nSPS) is 23.8. The number of rotatable bonds is 6. The highest BCUT2D eigenvalue weighted by molar-refractivity contribution is 6.08. The van der Waals surface area contributed by atoms with Gasteiger partial charge < -0.3 is 14.6 Å². The zero-order chi connectivity index (χ0) is 25.5. The number of ether oxygens (including phenoxy) is 2. The maximum absolute atomic E-state index is 13.3. The first-order valence-electron chi connectivity index (χ1n) is 10.4. The van der Waals surface area contributed by atoms with Gasteiger partial charge in [0.25, 0.3) is 0 Å². The Bertz CT molecular complexity index is 1180. The number of benzene rings is 2. The second kappa shape index (κ2) is 9.02. The summed E-state index contributed by atoms with van der Waals surface area (Å²) >= 11 is 0. The molecule has 0 bridgehead atoms. The molecule has 12 heteroatoms. The fraction of sp³-hybridized carbons (Fsp3) is 0.304. The first kappa shape index (κ1) is 24.2. The molecule has 2 fully saturated rings. The van der Waals surface area contributed by atoms with Crippen LogP contribution in [0.5, 0.6) is 5.75 Å². The maximum Gasteiger partial charge on any atom is 0.573 e. The second-order valence-electron chi connectivity index (χ2n) is 8.08. The van der Waals surface area contributed by atoms with Crippen molar-refractivity contribution in [2.45, 2.75) is 25.0 Å². The topological polar surface area (TPSA) is 122 Å². The fourth-order valence-electron chi connectivity index (χ4n) is 4.51. The van der Waals surface area contributed by atoms with Crippen LogP contribution in [0.1, 0.15) is 27.5 Å². The summed E-state index contributed by atoms with van der Waals surface area (Å²) in [7, 11) is 1.23. The monoisotopic (exact) mass is 492 g/mol. The quantitative estimate of drug-likeness (QED) is 0.465. The van der Waals surface area contributed by atoms with Gasteiger partial charge in [-0.2, -0.15) is 0 Å². The zero-order valence-corrected chi connectivity index (χ0v) is 18.1. The van der Waals surface area contributed by atoms with E-state index in [1.807, 2.05) is 0 Å². The molecule has 184 valence electrons. The number of fused-ring (bicyclic) bond motifs is 1. The van der Waals surface area contributed by atoms with Gasteiger partial charge in [-0.25, -0.2) is 4.79 Å². The smallest absolute Gasteiger partial charge is 0.480 e. The molecular weight excluding hydrogens is 473 g/mol. The van der Waals surface area contributed by atoms with E-state index in [4.69, 9.17) is 0 Å². The van der Waals surface area contributed by atoms with E-state index in [1.165, 1.54) is 43.5 Å². The van der Waals surface area contributed by atoms with Gasteiger partial charge in [-0.05, 0) is 35.4 Å². The lowest BCUT2D eigenvalue weighted by Gasteiger charge is -2.22. The summed E-state index contributed by atoms with van der Waals surface area (Å²) in [5.41, 5.74) is 0.954. The molecule has 0 aliphatic carbocycles. The number of esters is 1. The predicted octanol–water partition coefficient (Wildman–Crippen LogP) is 2.27. The van der Waals surface area contributed by atoms with Crippen LogP contribution in [0, 0.1) is 11.8 Å². The largest absolute Gasteiger partial charge is 0.573 e. The molecule has 2 saturated heterocycles. The molecule has 0 radical (unpaired) electrons. The van der Waals surface area contributed by atoms with Gasteiger partial charge in [0.15, 0.2) is 0 Å². The minimum atomic E-state index is -4.94. The third-order valence-corrected chi connectivity index (χ3v) is 6.00. The van der Waals surface area contributed by atoms with E-state index in [0.717, 1.165) is 17.0 Å². The molecular formula is C23H19F3N2O7. The van der Waals surface area contributed by atoms with Crippen molar-refractivity contribution in [3.63, 3.8) is 0 Å². The SMILES string of the molecule is COC(=O)c1ccc(CN2C(=O)C3C(C(=O)O)NC(c4cccc(OC(F)(F)F)c4)C3C2=O)cc1. The average Bonchev–Trinajstić information content (AvgIpc) is 3.31. The van der Waals surface area contributed by atoms with E-state index in [0.29, 0.717) is 5.56 Å². The lowest BCUT2D eigenvalue weighted by molar-refractivity contribution is -0.274. The molecule has 2 aromatic rings. The highest BCUT2D eigenvalue weighted by atomic mass is 19.4. The van der Waals surface area contributed by atoms with Gasteiger partial charge in [0, 0.05) is 6.04 Å². The number of hydrogen-bond donors (Lipinski definition) is 2. The Morgan fingerprint density at radius 2 is 1.71 bits per heavy atom. The molecule has 9 nitrogen and oxygen atoms in total. The molecule has 0 aromatic heterocycles. The molecule has 35 heavy (non-hydrogen) atoms. The number of nitrogens with zero attached hydrogens (tertiary/aromatic N) is 1. The van der Waals surface area contributed by atoms with Crippen LogP contribution >= 0.6 is 0 Å². The van der Waals surface area contributed by atoms with Gasteiger partial charge in [-0.3, -0.25) is 24.6 Å². The van der Waals surface area contributed by atoms with Crippen molar-refractivity contribution in [3.05, 3.63) is 65.2 Å². The summed E-state index contributed by atoms with van der Waals surface area (Å²) in [4.78, 5) is 50.8. The third kappa shape index (κ3) is 4.69. The maximum atomic E-state index is 13.3. The number of carboxylic acids is 1. The zero-order valence-electron chi connectivity index (χ0n) is 18.1. The second-order valence-corrected chi connectivity index (χ2v) is 8.08. The predicted molar refractivity (Wildman–Crippen MR) is 111 cm³/mol. The van der Waals surface area contributed by atoms with Gasteiger partial charge in [-0.1, -0.05) is 24.3 Å². The lowest BCUT2D eigenvalue weighted by Crippen LogP contribution is -2.42. The van der Waals surface area contributed by atoms with Gasteiger partial charge in [0.1, 0.15) is 11.8 Å². The molecule has 2 aliphatic heterocycles. The first-order chi connectivity index (χ1) is 16.5. The minimum Gasteiger partial charge on any atom is -0.480 e. The number of amides is 2. The number of nitrogens with one attached hydrogen (secondary N) is 1. The Balaban J connectivity index is 1.62. The van der Waals surface area contributed by atoms with Crippen LogP contribution in [-0.4, -0.2) is 53.3 Å². The van der Waals surface area contributed by atoms with Crippen LogP contribution in [0.15, 0.2) is 48.5 Å². The third-order valence-electron chi connectivity index (χ3n) is 6.00. The van der Waals surface area contributed by atoms with Crippen LogP contribution in [0.25, 0.3) is 0 Å². The van der Waals surface area contributed by atoms with Crippen LogP contribution in [-0.2, 0) is 25.7 Å². The van der Waals surface area contributed by atoms with Crippen molar-refractivity contribution >= 4 is 23.8 Å². The molecule has 4 atom stereocenters. The van der Waals surface area contributed by atoms with E-state index >= 15 is 0 Å². The number of halogens is 3. The van der Waals surface area contributed by atoms with Gasteiger partial charge in [0.2, 0.25) is 11.8 Å². The van der Waals surface area contributed by atoms with Gasteiger partial charge >= 0.3 is 18.3 Å². The molecule has 2 N–H and O–H groups in total. The standard InChI is InChI=1S/C23H19F3N2O7/c1-34-22(33)12-7-5-11(6-8-12)10-28-19(29)15-16(20(28)30)18(21(31)32)27-17(15)13-3-2-4-14(9-13)35-23(24,25)26/h2-9,15-18,27H,10H2,1H3,(H,31,32). The summed E-state index contributed by atoms with van der Waals surface area (Å²) in [5, 5.41) is 12.4. The van der Waals surface area contributed by atoms with Crippen molar-refractivity contribution in [3.8, 4) is 5.75 Å². The van der Waals surface area contributed by atoms with E-state index < -0.39 is 59.8 Å². The molecule has 2 heterocycles. The number of imide groups is 1. The summed E-state index contributed by atoms with van der Waals surface area (Å²) in [6.07, 6.45) is -4.94. The Labute approximate surface area is 196 Å².